The molecule has 0 spiro atoms. The minimum atomic E-state index is -3.53. The van der Waals surface area contributed by atoms with Crippen molar-refractivity contribution in [3.05, 3.63) is 28.6 Å². The maximum Gasteiger partial charge on any atom is 0.244 e. The Hall–Kier alpha value is -0.660. The fourth-order valence-electron chi connectivity index (χ4n) is 2.85. The van der Waals surface area contributed by atoms with Gasteiger partial charge in [0, 0.05) is 39.6 Å². The van der Waals surface area contributed by atoms with Gasteiger partial charge >= 0.3 is 0 Å². The van der Waals surface area contributed by atoms with Crippen LogP contribution in [-0.4, -0.2) is 31.9 Å². The zero-order valence-electron chi connectivity index (χ0n) is 12.5. The van der Waals surface area contributed by atoms with Crippen LogP contribution in [0.25, 0.3) is 10.1 Å². The number of nitrogens with zero attached hydrogens (tertiary/aromatic N) is 1. The molecule has 2 N–H and O–H groups in total. The molecule has 0 aliphatic carbocycles. The summed E-state index contributed by atoms with van der Waals surface area (Å²) < 4.78 is 28.5. The molecule has 1 aromatic carbocycles. The van der Waals surface area contributed by atoms with Crippen LogP contribution in [0.1, 0.15) is 20.3 Å². The number of sulfonamides is 1. The monoisotopic (exact) mass is 358 g/mol. The van der Waals surface area contributed by atoms with Gasteiger partial charge in [-0.3, -0.25) is 0 Å². The van der Waals surface area contributed by atoms with Gasteiger partial charge < -0.3 is 5.73 Å². The van der Waals surface area contributed by atoms with E-state index in [0.29, 0.717) is 34.8 Å². The van der Waals surface area contributed by atoms with Crippen molar-refractivity contribution >= 4 is 43.0 Å². The van der Waals surface area contributed by atoms with E-state index in [4.69, 9.17) is 17.3 Å². The highest BCUT2D eigenvalue weighted by Crippen LogP contribution is 2.36. The van der Waals surface area contributed by atoms with E-state index in [-0.39, 0.29) is 11.5 Å². The molecule has 1 fully saturated rings. The molecule has 3 rings (SSSR count). The van der Waals surface area contributed by atoms with Crippen LogP contribution >= 0.6 is 22.9 Å². The second kappa shape index (κ2) is 5.46. The van der Waals surface area contributed by atoms with E-state index in [0.717, 1.165) is 4.70 Å². The molecule has 0 amide bonds. The molecular formula is C15H19ClN2O2S2. The fraction of sp³-hybridized carbons (Fsp3) is 0.467. The predicted molar refractivity (Wildman–Crippen MR) is 92.0 cm³/mol. The molecule has 1 unspecified atom stereocenters. The highest BCUT2D eigenvalue weighted by atomic mass is 35.5. The number of thiophene rings is 1. The van der Waals surface area contributed by atoms with Crippen LogP contribution < -0.4 is 5.73 Å². The zero-order valence-corrected chi connectivity index (χ0v) is 14.9. The standard InChI is InChI=1S/C15H19ClN2O2S2/c1-15(2)9-18(6-5-14(15)17)22(19,20)13-8-21-12-4-3-10(16)7-11(12)13/h3-4,7-8,14H,5-6,9,17H2,1-2H3. The Morgan fingerprint density at radius 2 is 2.14 bits per heavy atom. The van der Waals surface area contributed by atoms with Crippen molar-refractivity contribution < 1.29 is 8.42 Å². The zero-order chi connectivity index (χ0) is 16.1. The molecule has 1 atom stereocenters. The van der Waals surface area contributed by atoms with Gasteiger partial charge in [-0.05, 0) is 30.0 Å². The van der Waals surface area contributed by atoms with Gasteiger partial charge in [-0.2, -0.15) is 4.31 Å². The maximum atomic E-state index is 13.0. The Morgan fingerprint density at radius 1 is 1.41 bits per heavy atom. The molecule has 1 aromatic heterocycles. The number of piperidine rings is 1. The first kappa shape index (κ1) is 16.2. The molecule has 7 heteroatoms. The van der Waals surface area contributed by atoms with E-state index in [1.807, 2.05) is 19.9 Å². The molecule has 4 nitrogen and oxygen atoms in total. The lowest BCUT2D eigenvalue weighted by molar-refractivity contribution is 0.155. The Bertz CT molecular complexity index is 814. The van der Waals surface area contributed by atoms with Crippen molar-refractivity contribution in [2.75, 3.05) is 13.1 Å². The van der Waals surface area contributed by atoms with E-state index >= 15 is 0 Å². The smallest absolute Gasteiger partial charge is 0.244 e. The average molecular weight is 359 g/mol. The Kier molecular flexibility index (Phi) is 4.02. The number of rotatable bonds is 2. The fourth-order valence-corrected chi connectivity index (χ4v) is 6.09. The number of fused-ring (bicyclic) bond motifs is 1. The summed E-state index contributed by atoms with van der Waals surface area (Å²) in [6.07, 6.45) is 0.676. The summed E-state index contributed by atoms with van der Waals surface area (Å²) >= 11 is 7.45. The summed E-state index contributed by atoms with van der Waals surface area (Å²) in [5.74, 6) is 0. The lowest BCUT2D eigenvalue weighted by atomic mass is 9.81. The summed E-state index contributed by atoms with van der Waals surface area (Å²) in [5.41, 5.74) is 5.88. The molecule has 1 aliphatic rings. The van der Waals surface area contributed by atoms with Crippen molar-refractivity contribution in [2.45, 2.75) is 31.2 Å². The lowest BCUT2D eigenvalue weighted by Crippen LogP contribution is -2.53. The third-order valence-electron chi connectivity index (χ3n) is 4.39. The first-order valence-corrected chi connectivity index (χ1v) is 9.84. The van der Waals surface area contributed by atoms with Crippen molar-refractivity contribution in [3.8, 4) is 0 Å². The van der Waals surface area contributed by atoms with Crippen LogP contribution in [0.4, 0.5) is 0 Å². The van der Waals surface area contributed by atoms with E-state index in [9.17, 15) is 8.42 Å². The van der Waals surface area contributed by atoms with E-state index < -0.39 is 10.0 Å². The second-order valence-electron chi connectivity index (χ2n) is 6.46. The summed E-state index contributed by atoms with van der Waals surface area (Å²) in [6, 6.07) is 5.38. The molecule has 22 heavy (non-hydrogen) atoms. The Morgan fingerprint density at radius 3 is 2.82 bits per heavy atom. The number of nitrogens with two attached hydrogens (primary N) is 1. The van der Waals surface area contributed by atoms with Crippen LogP contribution in [0.3, 0.4) is 0 Å². The molecule has 0 radical (unpaired) electrons. The van der Waals surface area contributed by atoms with Crippen molar-refractivity contribution in [1.29, 1.82) is 0 Å². The Labute approximate surface area is 139 Å². The maximum absolute atomic E-state index is 13.0. The predicted octanol–water partition coefficient (Wildman–Crippen LogP) is 3.30. The van der Waals surface area contributed by atoms with Crippen molar-refractivity contribution in [3.63, 3.8) is 0 Å². The molecule has 0 saturated carbocycles. The SMILES string of the molecule is CC1(C)CN(S(=O)(=O)c2csc3ccc(Cl)cc23)CCC1N. The summed E-state index contributed by atoms with van der Waals surface area (Å²) in [7, 11) is -3.53. The summed E-state index contributed by atoms with van der Waals surface area (Å²) in [6.45, 7) is 4.93. The van der Waals surface area contributed by atoms with Gasteiger partial charge in [0.05, 0.1) is 0 Å². The van der Waals surface area contributed by atoms with Crippen LogP contribution in [-0.2, 0) is 10.0 Å². The minimum absolute atomic E-state index is 0.0209. The van der Waals surface area contributed by atoms with Crippen LogP contribution in [0.2, 0.25) is 5.02 Å². The number of hydrogen-bond donors (Lipinski definition) is 1. The van der Waals surface area contributed by atoms with E-state index in [1.54, 1.807) is 21.8 Å². The topological polar surface area (TPSA) is 63.4 Å². The largest absolute Gasteiger partial charge is 0.327 e. The lowest BCUT2D eigenvalue weighted by Gasteiger charge is -2.41. The second-order valence-corrected chi connectivity index (χ2v) is 9.72. The highest BCUT2D eigenvalue weighted by molar-refractivity contribution is 7.89. The highest BCUT2D eigenvalue weighted by Gasteiger charge is 2.39. The van der Waals surface area contributed by atoms with Gasteiger partial charge in [0.1, 0.15) is 4.90 Å². The van der Waals surface area contributed by atoms with Crippen LogP contribution in [0.15, 0.2) is 28.5 Å². The van der Waals surface area contributed by atoms with Crippen LogP contribution in [0.5, 0.6) is 0 Å². The van der Waals surface area contributed by atoms with E-state index in [1.165, 1.54) is 11.3 Å². The first-order chi connectivity index (χ1) is 10.2. The quantitative estimate of drug-likeness (QED) is 0.895. The molecular weight excluding hydrogens is 340 g/mol. The Balaban J connectivity index is 2.04. The van der Waals surface area contributed by atoms with Gasteiger partial charge in [-0.1, -0.05) is 25.4 Å². The first-order valence-electron chi connectivity index (χ1n) is 7.14. The number of halogens is 1. The average Bonchev–Trinajstić information content (AvgIpc) is 2.85. The summed E-state index contributed by atoms with van der Waals surface area (Å²) in [4.78, 5) is 0.348. The van der Waals surface area contributed by atoms with Gasteiger partial charge in [-0.15, -0.1) is 11.3 Å². The third kappa shape index (κ3) is 2.67. The normalized spacial score (nSPS) is 23.0. The van der Waals surface area contributed by atoms with Gasteiger partial charge in [0.15, 0.2) is 0 Å². The van der Waals surface area contributed by atoms with Crippen LogP contribution in [0, 0.1) is 5.41 Å². The van der Waals surface area contributed by atoms with Gasteiger partial charge in [0.25, 0.3) is 0 Å². The molecule has 2 heterocycles. The van der Waals surface area contributed by atoms with E-state index in [2.05, 4.69) is 0 Å². The van der Waals surface area contributed by atoms with Crippen molar-refractivity contribution in [1.82, 2.24) is 4.31 Å². The minimum Gasteiger partial charge on any atom is -0.327 e. The molecule has 120 valence electrons. The van der Waals surface area contributed by atoms with Crippen molar-refractivity contribution in [2.24, 2.45) is 11.1 Å². The number of hydrogen-bond acceptors (Lipinski definition) is 4. The summed E-state index contributed by atoms with van der Waals surface area (Å²) in [5, 5.41) is 2.95. The molecule has 1 aliphatic heterocycles. The molecule has 0 bridgehead atoms. The number of benzene rings is 1. The molecule has 1 saturated heterocycles. The van der Waals surface area contributed by atoms with Gasteiger partial charge in [0.2, 0.25) is 10.0 Å². The molecule has 2 aromatic rings. The third-order valence-corrected chi connectivity index (χ3v) is 7.63. The van der Waals surface area contributed by atoms with Gasteiger partial charge in [-0.25, -0.2) is 8.42 Å².